The first-order valence-electron chi connectivity index (χ1n) is 4.33. The Morgan fingerprint density at radius 1 is 1.30 bits per heavy atom. The van der Waals surface area contributed by atoms with Crippen molar-refractivity contribution in [2.75, 3.05) is 20.6 Å². The molecule has 1 fully saturated rings. The summed E-state index contributed by atoms with van der Waals surface area (Å²) in [6.45, 7) is 3.67. The van der Waals surface area contributed by atoms with Gasteiger partial charge in [0.2, 0.25) is 0 Å². The van der Waals surface area contributed by atoms with Crippen molar-refractivity contribution in [3.63, 3.8) is 0 Å². The van der Waals surface area contributed by atoms with Gasteiger partial charge in [0.15, 0.2) is 0 Å². The second-order valence-corrected chi connectivity index (χ2v) is 4.05. The second kappa shape index (κ2) is 3.38. The van der Waals surface area contributed by atoms with Gasteiger partial charge in [0.05, 0.1) is 0 Å². The van der Waals surface area contributed by atoms with Crippen LogP contribution in [-0.4, -0.2) is 25.5 Å². The van der Waals surface area contributed by atoms with E-state index in [1.807, 2.05) is 0 Å². The smallest absolute Gasteiger partial charge is 0.000366 e. The maximum absolute atomic E-state index is 2.37. The third kappa shape index (κ3) is 2.30. The lowest BCUT2D eigenvalue weighted by Crippen LogP contribution is -2.19. The third-order valence-electron chi connectivity index (χ3n) is 2.43. The molecule has 1 aliphatic rings. The predicted octanol–water partition coefficient (Wildman–Crippen LogP) is 1.98. The Bertz CT molecular complexity index is 98.9. The molecule has 1 aliphatic carbocycles. The molecule has 0 N–H and O–H groups in total. The highest BCUT2D eigenvalue weighted by Crippen LogP contribution is 2.30. The maximum atomic E-state index is 2.37. The van der Waals surface area contributed by atoms with Crippen molar-refractivity contribution in [3.05, 3.63) is 0 Å². The Hall–Kier alpha value is -0.0400. The van der Waals surface area contributed by atoms with E-state index in [0.717, 1.165) is 11.8 Å². The molecule has 2 atom stereocenters. The molecule has 0 aliphatic heterocycles. The Morgan fingerprint density at radius 3 is 2.40 bits per heavy atom. The Morgan fingerprint density at radius 2 is 2.00 bits per heavy atom. The first-order chi connectivity index (χ1) is 4.68. The summed E-state index contributed by atoms with van der Waals surface area (Å²) >= 11 is 0. The molecule has 1 heteroatoms. The quantitative estimate of drug-likeness (QED) is 0.568. The molecule has 0 aromatic carbocycles. The van der Waals surface area contributed by atoms with Crippen molar-refractivity contribution in [3.8, 4) is 0 Å². The number of hydrogen-bond acceptors (Lipinski definition) is 1. The first kappa shape index (κ1) is 8.06. The van der Waals surface area contributed by atoms with E-state index in [0.29, 0.717) is 0 Å². The summed E-state index contributed by atoms with van der Waals surface area (Å²) in [6.07, 6.45) is 4.37. The van der Waals surface area contributed by atoms with Crippen LogP contribution in [0, 0.1) is 11.8 Å². The SMILES string of the molecule is C[C@H]1CC[C@@H](CN(C)C)C1. The summed E-state index contributed by atoms with van der Waals surface area (Å²) in [4.78, 5) is 2.31. The number of rotatable bonds is 2. The molecule has 0 aromatic rings. The fraction of sp³-hybridized carbons (Fsp3) is 1.00. The van der Waals surface area contributed by atoms with Gasteiger partial charge >= 0.3 is 0 Å². The van der Waals surface area contributed by atoms with Crippen LogP contribution in [0.2, 0.25) is 0 Å². The number of nitrogens with zero attached hydrogens (tertiary/aromatic N) is 1. The average Bonchev–Trinajstić information content (AvgIpc) is 2.13. The molecule has 0 unspecified atom stereocenters. The minimum atomic E-state index is 0.991. The Balaban J connectivity index is 2.18. The molecule has 0 amide bonds. The molecular weight excluding hydrogens is 122 g/mol. The lowest BCUT2D eigenvalue weighted by atomic mass is 10.1. The summed E-state index contributed by atoms with van der Waals surface area (Å²) in [7, 11) is 4.34. The van der Waals surface area contributed by atoms with Crippen LogP contribution in [0.1, 0.15) is 26.2 Å². The molecule has 1 nitrogen and oxygen atoms in total. The summed E-state index contributed by atoms with van der Waals surface area (Å²) in [6, 6.07) is 0. The van der Waals surface area contributed by atoms with Gasteiger partial charge in [0, 0.05) is 6.54 Å². The van der Waals surface area contributed by atoms with Gasteiger partial charge < -0.3 is 4.90 Å². The lowest BCUT2D eigenvalue weighted by molar-refractivity contribution is 0.323. The molecule has 0 heterocycles. The van der Waals surface area contributed by atoms with Crippen molar-refractivity contribution in [2.45, 2.75) is 26.2 Å². The van der Waals surface area contributed by atoms with Crippen LogP contribution in [0.25, 0.3) is 0 Å². The zero-order chi connectivity index (χ0) is 7.56. The fourth-order valence-electron chi connectivity index (χ4n) is 2.01. The van der Waals surface area contributed by atoms with Crippen molar-refractivity contribution < 1.29 is 0 Å². The standard InChI is InChI=1S/C9H19N/c1-8-4-5-9(6-8)7-10(2)3/h8-9H,4-7H2,1-3H3/t8-,9+/m0/s1. The van der Waals surface area contributed by atoms with Gasteiger partial charge in [-0.2, -0.15) is 0 Å². The number of hydrogen-bond donors (Lipinski definition) is 0. The van der Waals surface area contributed by atoms with Crippen molar-refractivity contribution in [1.29, 1.82) is 0 Å². The van der Waals surface area contributed by atoms with Crippen LogP contribution >= 0.6 is 0 Å². The van der Waals surface area contributed by atoms with Gasteiger partial charge in [-0.05, 0) is 38.8 Å². The first-order valence-corrected chi connectivity index (χ1v) is 4.33. The molecule has 1 saturated carbocycles. The Kier molecular flexibility index (Phi) is 2.72. The van der Waals surface area contributed by atoms with E-state index in [2.05, 4.69) is 25.9 Å². The molecule has 0 bridgehead atoms. The predicted molar refractivity (Wildman–Crippen MR) is 45.1 cm³/mol. The molecule has 0 spiro atoms. The van der Waals surface area contributed by atoms with Crippen LogP contribution in [0.5, 0.6) is 0 Å². The summed E-state index contributed by atoms with van der Waals surface area (Å²) in [5, 5.41) is 0. The van der Waals surface area contributed by atoms with E-state index in [9.17, 15) is 0 Å². The molecular formula is C9H19N. The molecule has 0 radical (unpaired) electrons. The third-order valence-corrected chi connectivity index (χ3v) is 2.43. The van der Waals surface area contributed by atoms with Crippen molar-refractivity contribution in [1.82, 2.24) is 4.90 Å². The normalized spacial score (nSPS) is 33.6. The van der Waals surface area contributed by atoms with E-state index in [-0.39, 0.29) is 0 Å². The average molecular weight is 141 g/mol. The Labute approximate surface area is 64.4 Å². The van der Waals surface area contributed by atoms with Crippen LogP contribution in [-0.2, 0) is 0 Å². The summed E-state index contributed by atoms with van der Waals surface area (Å²) < 4.78 is 0. The molecule has 0 aromatic heterocycles. The van der Waals surface area contributed by atoms with E-state index in [1.54, 1.807) is 0 Å². The van der Waals surface area contributed by atoms with Crippen LogP contribution in [0.3, 0.4) is 0 Å². The largest absolute Gasteiger partial charge is 0.309 e. The minimum absolute atomic E-state index is 0.991. The fourth-order valence-corrected chi connectivity index (χ4v) is 2.01. The van der Waals surface area contributed by atoms with Gasteiger partial charge in [0.1, 0.15) is 0 Å². The van der Waals surface area contributed by atoms with E-state index >= 15 is 0 Å². The van der Waals surface area contributed by atoms with E-state index < -0.39 is 0 Å². The topological polar surface area (TPSA) is 3.24 Å². The van der Waals surface area contributed by atoms with Gasteiger partial charge in [-0.25, -0.2) is 0 Å². The van der Waals surface area contributed by atoms with Crippen LogP contribution < -0.4 is 0 Å². The highest BCUT2D eigenvalue weighted by atomic mass is 15.1. The van der Waals surface area contributed by atoms with Crippen LogP contribution in [0.15, 0.2) is 0 Å². The van der Waals surface area contributed by atoms with Gasteiger partial charge in [-0.3, -0.25) is 0 Å². The van der Waals surface area contributed by atoms with E-state index in [1.165, 1.54) is 25.8 Å². The molecule has 10 heavy (non-hydrogen) atoms. The van der Waals surface area contributed by atoms with Crippen LogP contribution in [0.4, 0.5) is 0 Å². The minimum Gasteiger partial charge on any atom is -0.309 e. The van der Waals surface area contributed by atoms with Gasteiger partial charge in [0.25, 0.3) is 0 Å². The van der Waals surface area contributed by atoms with Crippen molar-refractivity contribution >= 4 is 0 Å². The second-order valence-electron chi connectivity index (χ2n) is 4.05. The van der Waals surface area contributed by atoms with E-state index in [4.69, 9.17) is 0 Å². The highest BCUT2D eigenvalue weighted by molar-refractivity contribution is 4.73. The highest BCUT2D eigenvalue weighted by Gasteiger charge is 2.21. The van der Waals surface area contributed by atoms with Crippen molar-refractivity contribution in [2.24, 2.45) is 11.8 Å². The molecule has 0 saturated heterocycles. The zero-order valence-corrected chi connectivity index (χ0v) is 7.43. The maximum Gasteiger partial charge on any atom is 0.000366 e. The molecule has 60 valence electrons. The zero-order valence-electron chi connectivity index (χ0n) is 7.43. The lowest BCUT2D eigenvalue weighted by Gasteiger charge is -2.15. The monoisotopic (exact) mass is 141 g/mol. The summed E-state index contributed by atoms with van der Waals surface area (Å²) in [5.74, 6) is 1.98. The van der Waals surface area contributed by atoms with Gasteiger partial charge in [-0.1, -0.05) is 13.3 Å². The van der Waals surface area contributed by atoms with Gasteiger partial charge in [-0.15, -0.1) is 0 Å². The summed E-state index contributed by atoms with van der Waals surface area (Å²) in [5.41, 5.74) is 0. The molecule has 1 rings (SSSR count).